The Morgan fingerprint density at radius 2 is 1.86 bits per heavy atom. The zero-order valence-corrected chi connectivity index (χ0v) is 13.1. The van der Waals surface area contributed by atoms with E-state index in [0.29, 0.717) is 12.3 Å². The van der Waals surface area contributed by atoms with Crippen LogP contribution in [0.4, 0.5) is 0 Å². The number of aliphatic hydroxyl groups is 1. The lowest BCUT2D eigenvalue weighted by atomic mass is 9.62. The molecule has 3 aliphatic rings. The topological polar surface area (TPSA) is 63.6 Å². The molecule has 1 aromatic carbocycles. The summed E-state index contributed by atoms with van der Waals surface area (Å²) >= 11 is 0. The Kier molecular flexibility index (Phi) is 3.84. The lowest BCUT2D eigenvalue weighted by molar-refractivity contribution is -0.0911. The molecule has 3 fully saturated rings. The molecule has 4 rings (SSSR count). The van der Waals surface area contributed by atoms with Gasteiger partial charge in [-0.05, 0) is 63.0 Å². The van der Waals surface area contributed by atoms with Gasteiger partial charge in [-0.2, -0.15) is 8.42 Å². The van der Waals surface area contributed by atoms with Crippen LogP contribution in [0.15, 0.2) is 29.2 Å². The van der Waals surface area contributed by atoms with Crippen molar-refractivity contribution in [3.63, 3.8) is 0 Å². The van der Waals surface area contributed by atoms with Gasteiger partial charge in [-0.1, -0.05) is 17.7 Å². The van der Waals surface area contributed by atoms with Crippen molar-refractivity contribution in [2.24, 2.45) is 11.8 Å². The van der Waals surface area contributed by atoms with Gasteiger partial charge in [0.25, 0.3) is 10.1 Å². The zero-order valence-electron chi connectivity index (χ0n) is 12.3. The first-order valence-electron chi connectivity index (χ1n) is 7.56. The highest BCUT2D eigenvalue weighted by Gasteiger charge is 2.44. The number of aryl methyl sites for hydroxylation is 1. The van der Waals surface area contributed by atoms with E-state index in [-0.39, 0.29) is 17.4 Å². The van der Waals surface area contributed by atoms with Crippen LogP contribution in [0.2, 0.25) is 0 Å². The van der Waals surface area contributed by atoms with Crippen molar-refractivity contribution in [3.05, 3.63) is 29.8 Å². The number of benzene rings is 1. The van der Waals surface area contributed by atoms with Crippen LogP contribution in [0.3, 0.4) is 0 Å². The second-order valence-corrected chi connectivity index (χ2v) is 8.19. The van der Waals surface area contributed by atoms with Gasteiger partial charge in [0.05, 0.1) is 17.1 Å². The van der Waals surface area contributed by atoms with Crippen molar-refractivity contribution in [1.29, 1.82) is 0 Å². The molecule has 1 aromatic rings. The highest BCUT2D eigenvalue weighted by atomic mass is 32.2. The van der Waals surface area contributed by atoms with Crippen LogP contribution in [0.1, 0.15) is 37.7 Å². The first-order valence-corrected chi connectivity index (χ1v) is 8.97. The molecule has 116 valence electrons. The van der Waals surface area contributed by atoms with Crippen molar-refractivity contribution in [1.82, 2.24) is 0 Å². The Bertz CT molecular complexity index is 598. The Morgan fingerprint density at radius 3 is 2.43 bits per heavy atom. The molecule has 4 nitrogen and oxygen atoms in total. The molecule has 3 aliphatic carbocycles. The Balaban J connectivity index is 1.66. The van der Waals surface area contributed by atoms with Crippen molar-refractivity contribution >= 4 is 10.1 Å². The minimum absolute atomic E-state index is 0.151. The van der Waals surface area contributed by atoms with Gasteiger partial charge in [0.15, 0.2) is 0 Å². The molecule has 0 spiro atoms. The van der Waals surface area contributed by atoms with Gasteiger partial charge in [0.1, 0.15) is 0 Å². The van der Waals surface area contributed by atoms with Gasteiger partial charge in [0, 0.05) is 0 Å². The number of rotatable bonds is 4. The monoisotopic (exact) mass is 310 g/mol. The lowest BCUT2D eigenvalue weighted by Gasteiger charge is -2.47. The van der Waals surface area contributed by atoms with E-state index in [2.05, 4.69) is 0 Å². The fraction of sp³-hybridized carbons (Fsp3) is 0.625. The first kappa shape index (κ1) is 15.0. The predicted octanol–water partition coefficient (Wildman–Crippen LogP) is 2.64. The molecule has 0 saturated heterocycles. The summed E-state index contributed by atoms with van der Waals surface area (Å²) in [5.74, 6) is 0.643. The van der Waals surface area contributed by atoms with Gasteiger partial charge >= 0.3 is 0 Å². The molecular formula is C16H22O4S. The molecule has 21 heavy (non-hydrogen) atoms. The minimum atomic E-state index is -3.69. The van der Waals surface area contributed by atoms with E-state index in [1.54, 1.807) is 24.3 Å². The molecular weight excluding hydrogens is 288 g/mol. The van der Waals surface area contributed by atoms with Crippen LogP contribution in [-0.4, -0.2) is 25.7 Å². The van der Waals surface area contributed by atoms with Crippen LogP contribution >= 0.6 is 0 Å². The van der Waals surface area contributed by atoms with E-state index in [1.807, 2.05) is 6.92 Å². The summed E-state index contributed by atoms with van der Waals surface area (Å²) in [6.07, 6.45) is 4.32. The van der Waals surface area contributed by atoms with Gasteiger partial charge in [-0.15, -0.1) is 0 Å². The molecule has 3 saturated carbocycles. The molecule has 5 heteroatoms. The fourth-order valence-electron chi connectivity index (χ4n) is 3.65. The third kappa shape index (κ3) is 3.15. The maximum atomic E-state index is 12.2. The molecule has 0 aromatic heterocycles. The van der Waals surface area contributed by atoms with Crippen LogP contribution in [0.25, 0.3) is 0 Å². The SMILES string of the molecule is Cc1ccc(S(=O)(=O)OCC2CC3(O)CCC2CC3)cc1. The summed E-state index contributed by atoms with van der Waals surface area (Å²) in [5.41, 5.74) is 0.428. The molecule has 0 amide bonds. The van der Waals surface area contributed by atoms with Gasteiger partial charge in [-0.3, -0.25) is 4.18 Å². The maximum absolute atomic E-state index is 12.2. The largest absolute Gasteiger partial charge is 0.390 e. The third-order valence-corrected chi connectivity index (χ3v) is 6.31. The Morgan fingerprint density at radius 1 is 1.24 bits per heavy atom. The van der Waals surface area contributed by atoms with Crippen LogP contribution < -0.4 is 0 Å². The molecule has 1 unspecified atom stereocenters. The lowest BCUT2D eigenvalue weighted by Crippen LogP contribution is -2.46. The zero-order chi connectivity index (χ0) is 15.1. The van der Waals surface area contributed by atoms with Gasteiger partial charge in [0.2, 0.25) is 0 Å². The Hall–Kier alpha value is -0.910. The third-order valence-electron chi connectivity index (χ3n) is 5.02. The van der Waals surface area contributed by atoms with Crippen LogP contribution in [0, 0.1) is 18.8 Å². The summed E-state index contributed by atoms with van der Waals surface area (Å²) in [6, 6.07) is 6.68. The average Bonchev–Trinajstić information content (AvgIpc) is 2.46. The second kappa shape index (κ2) is 5.38. The number of hydrogen-bond donors (Lipinski definition) is 1. The van der Waals surface area contributed by atoms with Gasteiger partial charge < -0.3 is 5.11 Å². The molecule has 0 aliphatic heterocycles. The van der Waals surface area contributed by atoms with E-state index in [9.17, 15) is 13.5 Å². The quantitative estimate of drug-likeness (QED) is 0.868. The van der Waals surface area contributed by atoms with Crippen molar-refractivity contribution in [2.75, 3.05) is 6.61 Å². The highest BCUT2D eigenvalue weighted by Crippen LogP contribution is 2.47. The normalized spacial score (nSPS) is 32.3. The number of fused-ring (bicyclic) bond motifs is 3. The summed E-state index contributed by atoms with van der Waals surface area (Å²) in [6.45, 7) is 2.10. The highest BCUT2D eigenvalue weighted by molar-refractivity contribution is 7.86. The molecule has 1 atom stereocenters. The van der Waals surface area contributed by atoms with E-state index in [0.717, 1.165) is 31.2 Å². The van der Waals surface area contributed by atoms with Crippen molar-refractivity contribution in [2.45, 2.75) is 49.5 Å². The smallest absolute Gasteiger partial charge is 0.296 e. The number of hydrogen-bond acceptors (Lipinski definition) is 4. The summed E-state index contributed by atoms with van der Waals surface area (Å²) in [7, 11) is -3.69. The summed E-state index contributed by atoms with van der Waals surface area (Å²) in [4.78, 5) is 0.202. The summed E-state index contributed by atoms with van der Waals surface area (Å²) in [5, 5.41) is 10.4. The molecule has 0 radical (unpaired) electrons. The fourth-order valence-corrected chi connectivity index (χ4v) is 4.61. The van der Waals surface area contributed by atoms with E-state index >= 15 is 0 Å². The standard InChI is InChI=1S/C16H22O4S/c1-12-2-4-15(5-3-12)21(18,19)20-11-14-10-16(17)8-6-13(14)7-9-16/h2-5,13-14,17H,6-11H2,1H3. The molecule has 0 heterocycles. The van der Waals surface area contributed by atoms with Crippen LogP contribution in [-0.2, 0) is 14.3 Å². The van der Waals surface area contributed by atoms with E-state index in [4.69, 9.17) is 4.18 Å². The Labute approximate surface area is 126 Å². The molecule has 2 bridgehead atoms. The van der Waals surface area contributed by atoms with E-state index < -0.39 is 15.7 Å². The van der Waals surface area contributed by atoms with Gasteiger partial charge in [-0.25, -0.2) is 0 Å². The summed E-state index contributed by atoms with van der Waals surface area (Å²) < 4.78 is 29.6. The minimum Gasteiger partial charge on any atom is -0.390 e. The predicted molar refractivity (Wildman–Crippen MR) is 79.3 cm³/mol. The van der Waals surface area contributed by atoms with E-state index in [1.165, 1.54) is 0 Å². The van der Waals surface area contributed by atoms with Crippen molar-refractivity contribution < 1.29 is 17.7 Å². The molecule has 1 N–H and O–H groups in total. The van der Waals surface area contributed by atoms with Crippen molar-refractivity contribution in [3.8, 4) is 0 Å². The average molecular weight is 310 g/mol. The van der Waals surface area contributed by atoms with Crippen LogP contribution in [0.5, 0.6) is 0 Å². The maximum Gasteiger partial charge on any atom is 0.296 e. The first-order chi connectivity index (χ1) is 9.88. The second-order valence-electron chi connectivity index (χ2n) is 6.58.